The van der Waals surface area contributed by atoms with Gasteiger partial charge in [-0.1, -0.05) is 89.4 Å². The van der Waals surface area contributed by atoms with Gasteiger partial charge in [0.1, 0.15) is 18.8 Å². The second kappa shape index (κ2) is 15.9. The SMILES string of the molecule is COC(=O)CC1[C@@H](OC(=O)c2ccccc2)C(COC(=O)c2ccccc2)O[C@H](OC(=N)C(Cl)(Cl)Cl)[C@H]1OC(=O)c1ccccc1. The Labute approximate surface area is 279 Å². The lowest BCUT2D eigenvalue weighted by Gasteiger charge is -2.44. The van der Waals surface area contributed by atoms with Crippen LogP contribution in [0, 0.1) is 11.3 Å². The molecule has 14 heteroatoms. The second-order valence-corrected chi connectivity index (χ2v) is 12.1. The summed E-state index contributed by atoms with van der Waals surface area (Å²) < 4.78 is 31.4. The van der Waals surface area contributed by atoms with Crippen molar-refractivity contribution in [1.82, 2.24) is 0 Å². The summed E-state index contributed by atoms with van der Waals surface area (Å²) >= 11 is 17.6. The summed E-state index contributed by atoms with van der Waals surface area (Å²) in [6.07, 6.45) is -6.49. The standard InChI is InChI=1S/C32H28Cl3NO10/c1-41-24(37)17-22-25(44-28(39)20-13-7-3-8-14-20)23(18-42-27(38)19-11-5-2-6-12-19)43-30(46-31(36)32(33,34)35)26(22)45-29(40)21-15-9-4-10-16-21/h2-16,22-23,25-26,30,36H,17-18H2,1H3/t22?,23?,25-,26+,30-/m1/s1. The van der Waals surface area contributed by atoms with Gasteiger partial charge in [0.2, 0.25) is 12.2 Å². The van der Waals surface area contributed by atoms with Gasteiger partial charge < -0.3 is 28.4 Å². The summed E-state index contributed by atoms with van der Waals surface area (Å²) in [7, 11) is 1.14. The molecule has 11 nitrogen and oxygen atoms in total. The molecule has 2 unspecified atom stereocenters. The van der Waals surface area contributed by atoms with Crippen molar-refractivity contribution in [2.24, 2.45) is 5.92 Å². The lowest BCUT2D eigenvalue weighted by atomic mass is 9.85. The number of carbonyl (C=O) groups excluding carboxylic acids is 4. The van der Waals surface area contributed by atoms with Gasteiger partial charge in [-0.25, -0.2) is 14.4 Å². The molecule has 0 aliphatic carbocycles. The number of carbonyl (C=O) groups is 4. The molecule has 5 atom stereocenters. The van der Waals surface area contributed by atoms with Crippen molar-refractivity contribution in [3.05, 3.63) is 108 Å². The molecule has 1 saturated heterocycles. The molecule has 1 fully saturated rings. The van der Waals surface area contributed by atoms with Crippen LogP contribution in [0.3, 0.4) is 0 Å². The number of halogens is 3. The Morgan fingerprint density at radius 1 is 0.717 bits per heavy atom. The normalized spacial score (nSPS) is 20.9. The van der Waals surface area contributed by atoms with E-state index >= 15 is 0 Å². The molecule has 46 heavy (non-hydrogen) atoms. The fourth-order valence-electron chi connectivity index (χ4n) is 4.57. The highest BCUT2D eigenvalue weighted by Crippen LogP contribution is 2.37. The fourth-order valence-corrected chi connectivity index (χ4v) is 4.70. The van der Waals surface area contributed by atoms with Gasteiger partial charge in [-0.15, -0.1) is 0 Å². The zero-order valence-corrected chi connectivity index (χ0v) is 26.4. The van der Waals surface area contributed by atoms with E-state index in [1.54, 1.807) is 54.6 Å². The van der Waals surface area contributed by atoms with E-state index in [1.807, 2.05) is 0 Å². The Hall–Kier alpha value is -4.16. The van der Waals surface area contributed by atoms with Gasteiger partial charge in [0, 0.05) is 0 Å². The highest BCUT2D eigenvalue weighted by molar-refractivity contribution is 6.76. The Morgan fingerprint density at radius 2 is 1.17 bits per heavy atom. The summed E-state index contributed by atoms with van der Waals surface area (Å²) in [5.41, 5.74) is 0.516. The smallest absolute Gasteiger partial charge is 0.338 e. The zero-order valence-electron chi connectivity index (χ0n) is 24.2. The number of hydrogen-bond donors (Lipinski definition) is 1. The van der Waals surface area contributed by atoms with Crippen LogP contribution >= 0.6 is 34.8 Å². The number of alkyl halides is 3. The first kappa shape index (κ1) is 34.7. The number of methoxy groups -OCH3 is 1. The minimum Gasteiger partial charge on any atom is -0.469 e. The van der Waals surface area contributed by atoms with Crippen LogP contribution in [-0.2, 0) is 33.2 Å². The van der Waals surface area contributed by atoms with Crippen LogP contribution in [0.25, 0.3) is 0 Å². The molecule has 1 heterocycles. The van der Waals surface area contributed by atoms with Gasteiger partial charge in [0.15, 0.2) is 6.10 Å². The molecule has 1 aliphatic rings. The van der Waals surface area contributed by atoms with Crippen molar-refractivity contribution in [3.63, 3.8) is 0 Å². The number of benzene rings is 3. The summed E-state index contributed by atoms with van der Waals surface area (Å²) in [4.78, 5) is 52.2. The summed E-state index contributed by atoms with van der Waals surface area (Å²) in [5, 5.41) is 8.18. The third kappa shape index (κ3) is 9.20. The van der Waals surface area contributed by atoms with Crippen molar-refractivity contribution in [2.45, 2.75) is 34.8 Å². The van der Waals surface area contributed by atoms with Crippen LogP contribution in [0.2, 0.25) is 0 Å². The van der Waals surface area contributed by atoms with Crippen LogP contribution in [0.1, 0.15) is 37.5 Å². The highest BCUT2D eigenvalue weighted by Gasteiger charge is 2.53. The lowest BCUT2D eigenvalue weighted by molar-refractivity contribution is -0.268. The van der Waals surface area contributed by atoms with Crippen molar-refractivity contribution < 1.29 is 47.6 Å². The van der Waals surface area contributed by atoms with Crippen molar-refractivity contribution in [2.75, 3.05) is 13.7 Å². The molecule has 1 aliphatic heterocycles. The first-order valence-electron chi connectivity index (χ1n) is 13.8. The predicted octanol–water partition coefficient (Wildman–Crippen LogP) is 5.56. The lowest BCUT2D eigenvalue weighted by Crippen LogP contribution is -2.60. The third-order valence-corrected chi connectivity index (χ3v) is 7.32. The van der Waals surface area contributed by atoms with E-state index in [4.69, 9.17) is 68.6 Å². The van der Waals surface area contributed by atoms with Crippen LogP contribution in [0.4, 0.5) is 0 Å². The Morgan fingerprint density at radius 3 is 1.63 bits per heavy atom. The maximum absolute atomic E-state index is 13.3. The van der Waals surface area contributed by atoms with Gasteiger partial charge in [-0.3, -0.25) is 10.2 Å². The van der Waals surface area contributed by atoms with E-state index < -0.39 is 77.1 Å². The van der Waals surface area contributed by atoms with Gasteiger partial charge in [-0.2, -0.15) is 0 Å². The maximum atomic E-state index is 13.3. The van der Waals surface area contributed by atoms with Gasteiger partial charge in [0.05, 0.1) is 36.1 Å². The van der Waals surface area contributed by atoms with E-state index in [2.05, 4.69) is 0 Å². The van der Waals surface area contributed by atoms with Crippen molar-refractivity contribution >= 4 is 64.6 Å². The molecular weight excluding hydrogens is 665 g/mol. The third-order valence-electron chi connectivity index (χ3n) is 6.80. The molecule has 0 radical (unpaired) electrons. The first-order valence-corrected chi connectivity index (χ1v) is 14.9. The van der Waals surface area contributed by atoms with Crippen molar-refractivity contribution in [3.8, 4) is 0 Å². The second-order valence-electron chi connectivity index (χ2n) is 9.87. The van der Waals surface area contributed by atoms with Gasteiger partial charge >= 0.3 is 23.9 Å². The Kier molecular flexibility index (Phi) is 12.0. The molecular formula is C32H28Cl3NO10. The summed E-state index contributed by atoms with van der Waals surface area (Å²) in [5.74, 6) is -5.32. The molecule has 0 bridgehead atoms. The number of ether oxygens (including phenoxy) is 6. The molecule has 4 rings (SSSR count). The van der Waals surface area contributed by atoms with Crippen molar-refractivity contribution in [1.29, 1.82) is 5.41 Å². The molecule has 0 amide bonds. The molecule has 3 aromatic carbocycles. The van der Waals surface area contributed by atoms with E-state index in [1.165, 1.54) is 36.4 Å². The average molecular weight is 693 g/mol. The fraction of sp³-hybridized carbons (Fsp3) is 0.281. The van der Waals surface area contributed by atoms with Crippen LogP contribution in [-0.4, -0.2) is 71.9 Å². The molecule has 0 saturated carbocycles. The molecule has 0 spiro atoms. The molecule has 0 aromatic heterocycles. The van der Waals surface area contributed by atoms with Gasteiger partial charge in [0.25, 0.3) is 3.79 Å². The topological polar surface area (TPSA) is 148 Å². The number of nitrogens with one attached hydrogen (secondary N) is 1. The Bertz CT molecular complexity index is 1520. The number of rotatable bonds is 10. The maximum Gasteiger partial charge on any atom is 0.338 e. The van der Waals surface area contributed by atoms with Crippen LogP contribution in [0.5, 0.6) is 0 Å². The number of hydrogen-bond acceptors (Lipinski definition) is 11. The van der Waals surface area contributed by atoms with E-state index in [-0.39, 0.29) is 16.7 Å². The van der Waals surface area contributed by atoms with Crippen LogP contribution in [0.15, 0.2) is 91.0 Å². The monoisotopic (exact) mass is 691 g/mol. The first-order chi connectivity index (χ1) is 22.0. The number of esters is 4. The van der Waals surface area contributed by atoms with Gasteiger partial charge in [-0.05, 0) is 36.4 Å². The largest absolute Gasteiger partial charge is 0.469 e. The quantitative estimate of drug-likeness (QED) is 0.0941. The van der Waals surface area contributed by atoms with Crippen LogP contribution < -0.4 is 0 Å². The predicted molar refractivity (Wildman–Crippen MR) is 166 cm³/mol. The summed E-state index contributed by atoms with van der Waals surface area (Å²) in [6.45, 7) is -0.529. The van der Waals surface area contributed by atoms with E-state index in [9.17, 15) is 19.2 Å². The minimum absolute atomic E-state index is 0.131. The highest BCUT2D eigenvalue weighted by atomic mass is 35.6. The summed E-state index contributed by atoms with van der Waals surface area (Å²) in [6, 6.07) is 23.9. The molecule has 1 N–H and O–H groups in total. The zero-order chi connectivity index (χ0) is 33.3. The van der Waals surface area contributed by atoms with E-state index in [0.717, 1.165) is 7.11 Å². The van der Waals surface area contributed by atoms with E-state index in [0.29, 0.717) is 0 Å². The Balaban J connectivity index is 1.75. The minimum atomic E-state index is -2.36. The average Bonchev–Trinajstić information content (AvgIpc) is 3.06. The molecule has 3 aromatic rings. The molecule has 242 valence electrons.